The summed E-state index contributed by atoms with van der Waals surface area (Å²) in [6, 6.07) is 3.40. The molecule has 0 fully saturated rings. The molecule has 0 spiro atoms. The zero-order valence-electron chi connectivity index (χ0n) is 10.3. The number of nitrogens with one attached hydrogen (secondary N) is 1. The highest BCUT2D eigenvalue weighted by molar-refractivity contribution is 6.00. The molecule has 2 N–H and O–H groups in total. The van der Waals surface area contributed by atoms with E-state index >= 15 is 0 Å². The molecule has 3 nitrogen and oxygen atoms in total. The van der Waals surface area contributed by atoms with E-state index in [0.29, 0.717) is 0 Å². The van der Waals surface area contributed by atoms with Gasteiger partial charge in [0.05, 0.1) is 0 Å². The molecule has 1 amide bonds. The number of phenols is 1. The van der Waals surface area contributed by atoms with Crippen molar-refractivity contribution >= 4 is 11.6 Å². The van der Waals surface area contributed by atoms with Crippen molar-refractivity contribution in [1.82, 2.24) is 0 Å². The van der Waals surface area contributed by atoms with E-state index < -0.39 is 0 Å². The maximum Gasteiger partial charge on any atom is 0.248 e. The number of benzene rings is 1. The zero-order valence-corrected chi connectivity index (χ0v) is 10.3. The van der Waals surface area contributed by atoms with Crippen LogP contribution in [0.3, 0.4) is 0 Å². The van der Waals surface area contributed by atoms with E-state index in [1.54, 1.807) is 31.2 Å². The van der Waals surface area contributed by atoms with Crippen LogP contribution in [0.15, 0.2) is 36.4 Å². The quantitative estimate of drug-likeness (QED) is 0.477. The predicted octanol–water partition coefficient (Wildman–Crippen LogP) is 3.08. The highest BCUT2D eigenvalue weighted by Crippen LogP contribution is 2.24. The number of carbonyl (C=O) groups excluding carboxylic acids is 1. The Balaban J connectivity index is 2.82. The number of hydrogen-bond acceptors (Lipinski definition) is 2. The van der Waals surface area contributed by atoms with Crippen LogP contribution in [0.2, 0.25) is 0 Å². The Hall–Kier alpha value is -2.03. The third kappa shape index (κ3) is 3.79. The fourth-order valence-corrected chi connectivity index (χ4v) is 1.36. The van der Waals surface area contributed by atoms with Crippen LogP contribution in [0, 0.1) is 13.8 Å². The fraction of sp³-hybridized carbons (Fsp3) is 0.214. The van der Waals surface area contributed by atoms with Crippen molar-refractivity contribution in [3.63, 3.8) is 0 Å². The summed E-state index contributed by atoms with van der Waals surface area (Å²) in [6.45, 7) is 5.51. The molecule has 0 heterocycles. The van der Waals surface area contributed by atoms with Crippen molar-refractivity contribution in [2.75, 3.05) is 5.32 Å². The van der Waals surface area contributed by atoms with Gasteiger partial charge in [0.25, 0.3) is 0 Å². The lowest BCUT2D eigenvalue weighted by molar-refractivity contribution is -0.111. The lowest BCUT2D eigenvalue weighted by Crippen LogP contribution is -2.09. The number of rotatable bonds is 3. The lowest BCUT2D eigenvalue weighted by Gasteiger charge is -2.09. The molecular formula is C14H17NO2. The standard InChI is InChI=1S/C14H17NO2/c1-4-5-6-7-14(17)15-12-8-11(3)13(16)9-10(12)2/h4-9,16H,1-3H3,(H,15,17). The molecule has 0 saturated carbocycles. The monoisotopic (exact) mass is 231 g/mol. The first-order valence-electron chi connectivity index (χ1n) is 5.45. The van der Waals surface area contributed by atoms with Gasteiger partial charge in [0.1, 0.15) is 5.75 Å². The van der Waals surface area contributed by atoms with Crippen LogP contribution in [0.4, 0.5) is 5.69 Å². The minimum absolute atomic E-state index is 0.184. The predicted molar refractivity (Wildman–Crippen MR) is 70.2 cm³/mol. The summed E-state index contributed by atoms with van der Waals surface area (Å²) < 4.78 is 0. The number of hydrogen-bond donors (Lipinski definition) is 2. The van der Waals surface area contributed by atoms with Crippen molar-refractivity contribution in [3.05, 3.63) is 47.6 Å². The van der Waals surface area contributed by atoms with E-state index in [1.165, 1.54) is 6.08 Å². The summed E-state index contributed by atoms with van der Waals surface area (Å²) in [6.07, 6.45) is 6.77. The van der Waals surface area contributed by atoms with Crippen LogP contribution in [-0.2, 0) is 4.79 Å². The summed E-state index contributed by atoms with van der Waals surface area (Å²) in [5.41, 5.74) is 2.29. The zero-order chi connectivity index (χ0) is 12.8. The van der Waals surface area contributed by atoms with Crippen LogP contribution in [0.1, 0.15) is 18.1 Å². The van der Waals surface area contributed by atoms with Gasteiger partial charge in [0, 0.05) is 11.8 Å². The van der Waals surface area contributed by atoms with Gasteiger partial charge < -0.3 is 10.4 Å². The molecule has 0 aliphatic carbocycles. The van der Waals surface area contributed by atoms with Crippen LogP contribution in [0.25, 0.3) is 0 Å². The van der Waals surface area contributed by atoms with Crippen molar-refractivity contribution < 1.29 is 9.90 Å². The highest BCUT2D eigenvalue weighted by atomic mass is 16.3. The van der Waals surface area contributed by atoms with E-state index in [9.17, 15) is 9.90 Å². The topological polar surface area (TPSA) is 49.3 Å². The first-order chi connectivity index (χ1) is 8.04. The Labute approximate surface area is 101 Å². The summed E-state index contributed by atoms with van der Waals surface area (Å²) >= 11 is 0. The number of amides is 1. The molecular weight excluding hydrogens is 214 g/mol. The number of anilines is 1. The molecule has 0 unspecified atom stereocenters. The maximum absolute atomic E-state index is 11.5. The van der Waals surface area contributed by atoms with E-state index in [4.69, 9.17) is 0 Å². The molecule has 1 rings (SSSR count). The van der Waals surface area contributed by atoms with Gasteiger partial charge in [-0.1, -0.05) is 18.2 Å². The molecule has 0 radical (unpaired) electrons. The molecule has 1 aromatic rings. The van der Waals surface area contributed by atoms with E-state index in [0.717, 1.165) is 16.8 Å². The summed E-state index contributed by atoms with van der Waals surface area (Å²) in [4.78, 5) is 11.5. The van der Waals surface area contributed by atoms with Crippen molar-refractivity contribution in [3.8, 4) is 5.75 Å². The molecule has 17 heavy (non-hydrogen) atoms. The van der Waals surface area contributed by atoms with Gasteiger partial charge in [0.15, 0.2) is 0 Å². The van der Waals surface area contributed by atoms with Crippen LogP contribution >= 0.6 is 0 Å². The first-order valence-corrected chi connectivity index (χ1v) is 5.45. The third-order valence-electron chi connectivity index (χ3n) is 2.35. The Kier molecular flexibility index (Phi) is 4.52. The molecule has 1 aromatic carbocycles. The van der Waals surface area contributed by atoms with Crippen LogP contribution in [-0.4, -0.2) is 11.0 Å². The second kappa shape index (κ2) is 5.89. The number of allylic oxidation sites excluding steroid dienone is 3. The van der Waals surface area contributed by atoms with Crippen molar-refractivity contribution in [2.45, 2.75) is 20.8 Å². The number of phenolic OH excluding ortho intramolecular Hbond substituents is 1. The Morgan fingerprint density at radius 2 is 1.94 bits per heavy atom. The van der Waals surface area contributed by atoms with Gasteiger partial charge >= 0.3 is 0 Å². The molecule has 0 saturated heterocycles. The number of aromatic hydroxyl groups is 1. The van der Waals surface area contributed by atoms with Gasteiger partial charge in [-0.2, -0.15) is 0 Å². The molecule has 0 aliphatic rings. The lowest BCUT2D eigenvalue weighted by atomic mass is 10.1. The molecule has 3 heteroatoms. The maximum atomic E-state index is 11.5. The Morgan fingerprint density at radius 3 is 2.59 bits per heavy atom. The summed E-state index contributed by atoms with van der Waals surface area (Å²) in [7, 11) is 0. The minimum atomic E-state index is -0.184. The third-order valence-corrected chi connectivity index (χ3v) is 2.35. The van der Waals surface area contributed by atoms with Gasteiger partial charge in [-0.25, -0.2) is 0 Å². The van der Waals surface area contributed by atoms with Gasteiger partial charge in [-0.3, -0.25) is 4.79 Å². The molecule has 0 aromatic heterocycles. The molecule has 0 bridgehead atoms. The normalized spacial score (nSPS) is 11.2. The molecule has 0 atom stereocenters. The number of aryl methyl sites for hydroxylation is 2. The second-order valence-electron chi connectivity index (χ2n) is 3.83. The Morgan fingerprint density at radius 1 is 1.24 bits per heavy atom. The van der Waals surface area contributed by atoms with E-state index in [-0.39, 0.29) is 11.7 Å². The smallest absolute Gasteiger partial charge is 0.248 e. The molecule has 90 valence electrons. The van der Waals surface area contributed by atoms with Gasteiger partial charge in [0.2, 0.25) is 5.91 Å². The average Bonchev–Trinajstić information content (AvgIpc) is 2.26. The van der Waals surface area contributed by atoms with E-state index in [1.807, 2.05) is 19.9 Å². The average molecular weight is 231 g/mol. The summed E-state index contributed by atoms with van der Waals surface area (Å²) in [5.74, 6) is 0.0567. The minimum Gasteiger partial charge on any atom is -0.508 e. The van der Waals surface area contributed by atoms with Gasteiger partial charge in [-0.05, 0) is 44.0 Å². The van der Waals surface area contributed by atoms with Crippen LogP contribution in [0.5, 0.6) is 5.75 Å². The Bertz CT molecular complexity index is 473. The summed E-state index contributed by atoms with van der Waals surface area (Å²) in [5, 5.41) is 12.3. The van der Waals surface area contributed by atoms with Crippen LogP contribution < -0.4 is 5.32 Å². The fourth-order valence-electron chi connectivity index (χ4n) is 1.36. The second-order valence-corrected chi connectivity index (χ2v) is 3.83. The number of carbonyl (C=O) groups is 1. The van der Waals surface area contributed by atoms with Crippen molar-refractivity contribution in [2.24, 2.45) is 0 Å². The molecule has 0 aliphatic heterocycles. The SMILES string of the molecule is CC=CC=CC(=O)Nc1cc(C)c(O)cc1C. The van der Waals surface area contributed by atoms with E-state index in [2.05, 4.69) is 5.32 Å². The van der Waals surface area contributed by atoms with Crippen molar-refractivity contribution in [1.29, 1.82) is 0 Å². The van der Waals surface area contributed by atoms with Gasteiger partial charge in [-0.15, -0.1) is 0 Å². The highest BCUT2D eigenvalue weighted by Gasteiger charge is 2.05. The first kappa shape index (κ1) is 13.0. The largest absolute Gasteiger partial charge is 0.508 e.